The highest BCUT2D eigenvalue weighted by Gasteiger charge is 2.63. The van der Waals surface area contributed by atoms with Gasteiger partial charge in [-0.15, -0.1) is 0 Å². The number of thioether (sulfide) groups is 1. The Morgan fingerprint density at radius 2 is 1.85 bits per heavy atom. The van der Waals surface area contributed by atoms with E-state index in [1.807, 2.05) is 0 Å². The summed E-state index contributed by atoms with van der Waals surface area (Å²) < 4.78 is 0. The second-order valence-corrected chi connectivity index (χ2v) is 9.28. The highest BCUT2D eigenvalue weighted by Crippen LogP contribution is 2.49. The first-order valence-electron chi connectivity index (χ1n) is 10.0. The van der Waals surface area contributed by atoms with Crippen LogP contribution in [0.3, 0.4) is 0 Å². The molecule has 3 fully saturated rings. The van der Waals surface area contributed by atoms with Crippen molar-refractivity contribution in [1.82, 2.24) is 25.6 Å². The minimum absolute atomic E-state index is 0.0151. The number of primary amides is 1. The van der Waals surface area contributed by atoms with Crippen LogP contribution in [0.1, 0.15) is 11.5 Å². The molecule has 0 spiro atoms. The van der Waals surface area contributed by atoms with Crippen LogP contribution in [-0.4, -0.2) is 97.4 Å². The summed E-state index contributed by atoms with van der Waals surface area (Å²) in [6.45, 7) is 0.455. The van der Waals surface area contributed by atoms with Crippen molar-refractivity contribution in [2.45, 2.75) is 22.2 Å². The number of carbonyl (C=O) groups excluding carboxylic acids is 3. The maximum atomic E-state index is 12.8. The first-order valence-corrected chi connectivity index (χ1v) is 10.9. The van der Waals surface area contributed by atoms with E-state index in [1.165, 1.54) is 0 Å². The Hall–Kier alpha value is -3.52. The number of urea groups is 2. The van der Waals surface area contributed by atoms with Gasteiger partial charge in [0.25, 0.3) is 0 Å². The zero-order valence-corrected chi connectivity index (χ0v) is 18.0. The molecule has 3 heterocycles. The maximum absolute atomic E-state index is 12.8. The molecule has 0 aromatic heterocycles. The van der Waals surface area contributed by atoms with Crippen LogP contribution in [0.25, 0.3) is 0 Å². The molecule has 3 aliphatic rings. The van der Waals surface area contributed by atoms with E-state index in [4.69, 9.17) is 5.73 Å². The van der Waals surface area contributed by atoms with Crippen LogP contribution < -0.4 is 16.5 Å². The van der Waals surface area contributed by atoms with Gasteiger partial charge in [0.2, 0.25) is 10.8 Å². The van der Waals surface area contributed by atoms with Gasteiger partial charge in [0.05, 0.1) is 18.0 Å². The SMILES string of the molecule is NC(=O)NN1CCN([C@]2(C(=O)O)CN3C[C@@H](NC(=O)C(C(=O)O)c4ccccc4)[C@H]3S2)C1=O. The highest BCUT2D eigenvalue weighted by molar-refractivity contribution is 8.02. The number of carbonyl (C=O) groups is 5. The molecular weight excluding hydrogens is 456 g/mol. The van der Waals surface area contributed by atoms with Crippen LogP contribution in [-0.2, 0) is 14.4 Å². The summed E-state index contributed by atoms with van der Waals surface area (Å²) in [6.07, 6.45) is 0. The normalized spacial score (nSPS) is 27.5. The minimum Gasteiger partial charge on any atom is -0.480 e. The van der Waals surface area contributed by atoms with Crippen molar-refractivity contribution >= 4 is 41.7 Å². The molecule has 176 valence electrons. The molecule has 0 radical (unpaired) electrons. The summed E-state index contributed by atoms with van der Waals surface area (Å²) in [4.78, 5) is 61.9. The third-order valence-corrected chi connectivity index (χ3v) is 7.64. The summed E-state index contributed by atoms with van der Waals surface area (Å²) >= 11 is 1.00. The number of benzene rings is 1. The fourth-order valence-electron chi connectivity index (χ4n) is 4.31. The zero-order valence-electron chi connectivity index (χ0n) is 17.2. The Morgan fingerprint density at radius 1 is 1.15 bits per heavy atom. The van der Waals surface area contributed by atoms with Crippen LogP contribution in [0.15, 0.2) is 30.3 Å². The van der Waals surface area contributed by atoms with E-state index in [1.54, 1.807) is 35.2 Å². The second kappa shape index (κ2) is 8.44. The minimum atomic E-state index is -1.62. The number of hydrogen-bond donors (Lipinski definition) is 5. The van der Waals surface area contributed by atoms with Crippen molar-refractivity contribution < 1.29 is 34.2 Å². The van der Waals surface area contributed by atoms with Crippen LogP contribution in [0.4, 0.5) is 9.59 Å². The molecule has 5 amide bonds. The summed E-state index contributed by atoms with van der Waals surface area (Å²) in [6, 6.07) is 5.97. The van der Waals surface area contributed by atoms with Crippen molar-refractivity contribution in [1.29, 1.82) is 0 Å². The summed E-state index contributed by atoms with van der Waals surface area (Å²) in [5.41, 5.74) is 7.56. The van der Waals surface area contributed by atoms with E-state index in [0.29, 0.717) is 12.1 Å². The molecule has 13 nitrogen and oxygen atoms in total. The van der Waals surface area contributed by atoms with Gasteiger partial charge >= 0.3 is 24.0 Å². The van der Waals surface area contributed by atoms with Crippen molar-refractivity contribution in [3.05, 3.63) is 35.9 Å². The monoisotopic (exact) mass is 478 g/mol. The van der Waals surface area contributed by atoms with E-state index in [2.05, 4.69) is 10.7 Å². The molecule has 4 rings (SSSR count). The van der Waals surface area contributed by atoms with Gasteiger partial charge < -0.3 is 21.3 Å². The standard InChI is InChI=1S/C19H22N6O7S/c20-17(31)22-25-7-6-24(18(25)32)19(16(29)30)9-23-8-11(14(23)33-19)21-13(26)12(15(27)28)10-4-2-1-3-5-10/h1-5,11-12,14H,6-9H2,(H,21,26)(H,27,28)(H,29,30)(H3,20,22,31)/t11-,12?,14-,19-/m1/s1. The average Bonchev–Trinajstić information content (AvgIpc) is 3.25. The van der Waals surface area contributed by atoms with E-state index in [0.717, 1.165) is 21.7 Å². The van der Waals surface area contributed by atoms with Crippen molar-refractivity contribution in [3.8, 4) is 0 Å². The Labute approximate surface area is 191 Å². The number of carboxylic acids is 2. The predicted molar refractivity (Wildman–Crippen MR) is 114 cm³/mol. The molecule has 3 saturated heterocycles. The van der Waals surface area contributed by atoms with Crippen LogP contribution in [0.5, 0.6) is 0 Å². The van der Waals surface area contributed by atoms with Crippen molar-refractivity contribution in [2.75, 3.05) is 26.2 Å². The van der Waals surface area contributed by atoms with Gasteiger partial charge in [-0.3, -0.25) is 19.4 Å². The van der Waals surface area contributed by atoms with Crippen molar-refractivity contribution in [3.63, 3.8) is 0 Å². The van der Waals surface area contributed by atoms with Crippen molar-refractivity contribution in [2.24, 2.45) is 5.73 Å². The number of carboxylic acid groups (broad SMARTS) is 2. The van der Waals surface area contributed by atoms with Gasteiger partial charge in [-0.2, -0.15) is 0 Å². The molecule has 33 heavy (non-hydrogen) atoms. The lowest BCUT2D eigenvalue weighted by atomic mass is 9.97. The van der Waals surface area contributed by atoms with Gasteiger partial charge in [0.1, 0.15) is 0 Å². The van der Waals surface area contributed by atoms with Crippen LogP contribution in [0.2, 0.25) is 0 Å². The number of hydrogen-bond acceptors (Lipinski definition) is 7. The fraction of sp³-hybridized carbons (Fsp3) is 0.421. The first kappa shape index (κ1) is 22.7. The Bertz CT molecular complexity index is 1010. The lowest BCUT2D eigenvalue weighted by molar-refractivity contribution is -0.146. The van der Waals surface area contributed by atoms with E-state index in [9.17, 15) is 34.2 Å². The topological polar surface area (TPSA) is 186 Å². The lowest BCUT2D eigenvalue weighted by Gasteiger charge is -2.42. The van der Waals surface area contributed by atoms with Gasteiger partial charge in [0.15, 0.2) is 5.92 Å². The molecule has 1 aromatic carbocycles. The highest BCUT2D eigenvalue weighted by atomic mass is 32.2. The van der Waals surface area contributed by atoms with E-state index in [-0.39, 0.29) is 19.6 Å². The summed E-state index contributed by atoms with van der Waals surface area (Å²) in [7, 11) is 0. The zero-order chi connectivity index (χ0) is 23.9. The first-order chi connectivity index (χ1) is 15.6. The summed E-state index contributed by atoms with van der Waals surface area (Å²) in [5.74, 6) is -4.61. The van der Waals surface area contributed by atoms with E-state index >= 15 is 0 Å². The molecule has 14 heteroatoms. The van der Waals surface area contributed by atoms with Gasteiger partial charge in [-0.1, -0.05) is 42.1 Å². The molecule has 4 atom stereocenters. The number of nitrogens with one attached hydrogen (secondary N) is 2. The smallest absolute Gasteiger partial charge is 0.341 e. The molecule has 0 saturated carbocycles. The van der Waals surface area contributed by atoms with Gasteiger partial charge in [-0.25, -0.2) is 24.8 Å². The third-order valence-electron chi connectivity index (χ3n) is 5.86. The maximum Gasteiger partial charge on any atom is 0.341 e. The van der Waals surface area contributed by atoms with Crippen LogP contribution >= 0.6 is 11.8 Å². The number of amides is 5. The van der Waals surface area contributed by atoms with Gasteiger partial charge in [0, 0.05) is 19.6 Å². The Morgan fingerprint density at radius 3 is 2.45 bits per heavy atom. The van der Waals surface area contributed by atoms with Crippen LogP contribution in [0, 0.1) is 0 Å². The summed E-state index contributed by atoms with van der Waals surface area (Å²) in [5, 5.41) is 22.8. The molecule has 6 N–H and O–H groups in total. The largest absolute Gasteiger partial charge is 0.480 e. The quantitative estimate of drug-likeness (QED) is 0.301. The average molecular weight is 478 g/mol. The molecule has 0 bridgehead atoms. The molecule has 1 aromatic rings. The van der Waals surface area contributed by atoms with Gasteiger partial charge in [-0.05, 0) is 5.56 Å². The number of aliphatic carboxylic acids is 2. The van der Waals surface area contributed by atoms with E-state index < -0.39 is 52.1 Å². The number of nitrogens with two attached hydrogens (primary N) is 1. The fourth-order valence-corrected chi connectivity index (χ4v) is 5.98. The molecule has 3 aliphatic heterocycles. The number of hydrazine groups is 1. The predicted octanol–water partition coefficient (Wildman–Crippen LogP) is -1.17. The molecular formula is C19H22N6O7S. The lowest BCUT2D eigenvalue weighted by Crippen LogP contribution is -2.64. The third kappa shape index (κ3) is 3.91. The Balaban J connectivity index is 1.47. The number of nitrogens with zero attached hydrogens (tertiary/aromatic N) is 3. The number of rotatable bonds is 7. The second-order valence-electron chi connectivity index (χ2n) is 7.89. The molecule has 0 aliphatic carbocycles. The Kier molecular flexibility index (Phi) is 5.80. The molecule has 1 unspecified atom stereocenters. The number of fused-ring (bicyclic) bond motifs is 1.